The molecule has 0 bridgehead atoms. The number of hydrogen-bond donors (Lipinski definition) is 4. The zero-order chi connectivity index (χ0) is 22.8. The summed E-state index contributed by atoms with van der Waals surface area (Å²) in [7, 11) is 3.01. The average molecular weight is 436 g/mol. The van der Waals surface area contributed by atoms with Crippen molar-refractivity contribution in [2.75, 3.05) is 14.2 Å². The highest BCUT2D eigenvalue weighted by Gasteiger charge is 2.23. The maximum atomic E-state index is 12.3. The third-order valence-electron chi connectivity index (χ3n) is 4.79. The van der Waals surface area contributed by atoms with Crippen molar-refractivity contribution in [2.45, 2.75) is 6.61 Å². The third kappa shape index (κ3) is 3.88. The molecule has 0 amide bonds. The van der Waals surface area contributed by atoms with Crippen LogP contribution < -0.4 is 10.2 Å². The first kappa shape index (κ1) is 21.0. The highest BCUT2D eigenvalue weighted by molar-refractivity contribution is 5.82. The molecule has 0 saturated heterocycles. The summed E-state index contributed by atoms with van der Waals surface area (Å²) in [5, 5.41) is 30.4. The number of ether oxygens (including phenoxy) is 2. The van der Waals surface area contributed by atoms with E-state index in [4.69, 9.17) is 13.9 Å². The van der Waals surface area contributed by atoms with Gasteiger partial charge in [0, 0.05) is 24.8 Å². The van der Waals surface area contributed by atoms with Crippen molar-refractivity contribution < 1.29 is 29.2 Å². The van der Waals surface area contributed by atoms with E-state index in [1.165, 1.54) is 25.3 Å². The number of phenols is 2. The molecule has 2 heterocycles. The molecule has 4 N–H and O–H groups in total. The van der Waals surface area contributed by atoms with Crippen molar-refractivity contribution in [3.05, 3.63) is 64.5 Å². The van der Waals surface area contributed by atoms with Crippen LogP contribution >= 0.6 is 0 Å². The summed E-state index contributed by atoms with van der Waals surface area (Å²) in [5.74, 6) is 0.0719. The van der Waals surface area contributed by atoms with Crippen LogP contribution in [0, 0.1) is 0 Å². The van der Waals surface area contributed by atoms with Crippen molar-refractivity contribution in [3.63, 3.8) is 0 Å². The van der Waals surface area contributed by atoms with E-state index in [0.717, 1.165) is 6.07 Å². The van der Waals surface area contributed by atoms with Gasteiger partial charge < -0.3 is 34.2 Å². The largest absolute Gasteiger partial charge is 0.508 e. The van der Waals surface area contributed by atoms with E-state index in [2.05, 4.69) is 9.97 Å². The molecule has 0 aliphatic heterocycles. The molecule has 9 heteroatoms. The number of aromatic amines is 1. The standard InChI is InChI=1S/C23H20N2O7/c1-30-11-15-10-18(28)21(29)22(32-15)20-19(12-3-6-14(31-2)7-4-12)24-23(25-20)16-8-5-13(26)9-17(16)27/h3-10,26-27,29H,11H2,1-2H3,(H,24,25). The Labute approximate surface area is 182 Å². The van der Waals surface area contributed by atoms with Crippen LogP contribution in [-0.2, 0) is 11.3 Å². The summed E-state index contributed by atoms with van der Waals surface area (Å²) in [6.45, 7) is 0.0279. The van der Waals surface area contributed by atoms with Gasteiger partial charge in [0.25, 0.3) is 0 Å². The molecule has 0 atom stereocenters. The van der Waals surface area contributed by atoms with Crippen molar-refractivity contribution in [1.29, 1.82) is 0 Å². The molecular weight excluding hydrogens is 416 g/mol. The molecule has 0 aliphatic carbocycles. The summed E-state index contributed by atoms with van der Waals surface area (Å²) in [5.41, 5.74) is 0.899. The normalized spacial score (nSPS) is 10.9. The molecule has 0 radical (unpaired) electrons. The molecule has 0 saturated carbocycles. The lowest BCUT2D eigenvalue weighted by molar-refractivity contribution is 0.162. The smallest absolute Gasteiger partial charge is 0.227 e. The second-order valence-corrected chi connectivity index (χ2v) is 6.93. The number of hydrogen-bond acceptors (Lipinski definition) is 8. The van der Waals surface area contributed by atoms with Gasteiger partial charge in [-0.3, -0.25) is 4.79 Å². The highest BCUT2D eigenvalue weighted by Crippen LogP contribution is 2.39. The number of benzene rings is 2. The van der Waals surface area contributed by atoms with Gasteiger partial charge in [-0.25, -0.2) is 4.98 Å². The minimum atomic E-state index is -0.636. The van der Waals surface area contributed by atoms with Crippen molar-refractivity contribution in [2.24, 2.45) is 0 Å². The van der Waals surface area contributed by atoms with Crippen molar-refractivity contribution in [1.82, 2.24) is 9.97 Å². The van der Waals surface area contributed by atoms with Gasteiger partial charge in [0.1, 0.15) is 46.8 Å². The van der Waals surface area contributed by atoms with Crippen LogP contribution in [0.1, 0.15) is 5.76 Å². The molecule has 2 aromatic carbocycles. The van der Waals surface area contributed by atoms with E-state index in [9.17, 15) is 20.1 Å². The van der Waals surface area contributed by atoms with E-state index in [1.54, 1.807) is 31.4 Å². The molecular formula is C23H20N2O7. The molecule has 0 unspecified atom stereocenters. The maximum Gasteiger partial charge on any atom is 0.227 e. The lowest BCUT2D eigenvalue weighted by atomic mass is 10.1. The Balaban J connectivity index is 1.96. The summed E-state index contributed by atoms with van der Waals surface area (Å²) < 4.78 is 16.0. The second kappa shape index (κ2) is 8.48. The topological polar surface area (TPSA) is 138 Å². The van der Waals surface area contributed by atoms with Crippen molar-refractivity contribution >= 4 is 0 Å². The molecule has 0 fully saturated rings. The molecule has 0 spiro atoms. The molecule has 32 heavy (non-hydrogen) atoms. The Hall–Kier alpha value is -4.24. The van der Waals surface area contributed by atoms with Gasteiger partial charge in [-0.05, 0) is 36.4 Å². The zero-order valence-corrected chi connectivity index (χ0v) is 17.2. The minimum Gasteiger partial charge on any atom is -0.508 e. The monoisotopic (exact) mass is 436 g/mol. The van der Waals surface area contributed by atoms with E-state index in [-0.39, 0.29) is 41.1 Å². The molecule has 164 valence electrons. The average Bonchev–Trinajstić information content (AvgIpc) is 3.21. The Morgan fingerprint density at radius 3 is 2.44 bits per heavy atom. The van der Waals surface area contributed by atoms with Gasteiger partial charge in [-0.1, -0.05) is 0 Å². The lowest BCUT2D eigenvalue weighted by Gasteiger charge is -2.07. The zero-order valence-electron chi connectivity index (χ0n) is 17.2. The number of aromatic nitrogens is 2. The predicted octanol–water partition coefficient (Wildman–Crippen LogP) is 3.64. The van der Waals surface area contributed by atoms with Gasteiger partial charge in [-0.15, -0.1) is 0 Å². The minimum absolute atomic E-state index is 0.0279. The van der Waals surface area contributed by atoms with Crippen LogP contribution in [0.15, 0.2) is 57.7 Å². The van der Waals surface area contributed by atoms with Crippen LogP contribution in [0.3, 0.4) is 0 Å². The van der Waals surface area contributed by atoms with Crippen molar-refractivity contribution in [3.8, 4) is 57.1 Å². The predicted molar refractivity (Wildman–Crippen MR) is 116 cm³/mol. The number of nitrogens with zero attached hydrogens (tertiary/aromatic N) is 1. The number of rotatable bonds is 6. The third-order valence-corrected chi connectivity index (χ3v) is 4.79. The number of methoxy groups -OCH3 is 2. The van der Waals surface area contributed by atoms with Gasteiger partial charge >= 0.3 is 0 Å². The van der Waals surface area contributed by atoms with Gasteiger partial charge in [0.2, 0.25) is 11.2 Å². The molecule has 2 aromatic heterocycles. The summed E-state index contributed by atoms with van der Waals surface area (Å²) >= 11 is 0. The number of nitrogens with one attached hydrogen (secondary N) is 1. The van der Waals surface area contributed by atoms with Crippen LogP contribution in [-0.4, -0.2) is 39.5 Å². The number of imidazole rings is 1. The van der Waals surface area contributed by atoms with E-state index in [1.807, 2.05) is 0 Å². The Bertz CT molecular complexity index is 1320. The van der Waals surface area contributed by atoms with Crippen LogP contribution in [0.4, 0.5) is 0 Å². The van der Waals surface area contributed by atoms with E-state index < -0.39 is 11.2 Å². The van der Waals surface area contributed by atoms with E-state index in [0.29, 0.717) is 22.6 Å². The highest BCUT2D eigenvalue weighted by atomic mass is 16.5. The summed E-state index contributed by atoms with van der Waals surface area (Å²) in [6.07, 6.45) is 0. The van der Waals surface area contributed by atoms with Gasteiger partial charge in [0.15, 0.2) is 5.76 Å². The maximum absolute atomic E-state index is 12.3. The Kier molecular flexibility index (Phi) is 5.57. The molecule has 4 rings (SSSR count). The fourth-order valence-corrected chi connectivity index (χ4v) is 3.26. The lowest BCUT2D eigenvalue weighted by Crippen LogP contribution is -2.04. The summed E-state index contributed by atoms with van der Waals surface area (Å²) in [4.78, 5) is 19.9. The van der Waals surface area contributed by atoms with Gasteiger partial charge in [0.05, 0.1) is 12.7 Å². The first-order valence-electron chi connectivity index (χ1n) is 9.53. The first-order valence-corrected chi connectivity index (χ1v) is 9.53. The van der Waals surface area contributed by atoms with Crippen LogP contribution in [0.25, 0.3) is 34.1 Å². The molecule has 9 nitrogen and oxygen atoms in total. The summed E-state index contributed by atoms with van der Waals surface area (Å²) in [6, 6.07) is 12.2. The second-order valence-electron chi connectivity index (χ2n) is 6.93. The molecule has 4 aromatic rings. The fourth-order valence-electron chi connectivity index (χ4n) is 3.26. The molecule has 0 aliphatic rings. The van der Waals surface area contributed by atoms with Gasteiger partial charge in [-0.2, -0.15) is 0 Å². The fraction of sp³-hybridized carbons (Fsp3) is 0.130. The number of aromatic hydroxyl groups is 3. The number of H-pyrrole nitrogens is 1. The Morgan fingerprint density at radius 1 is 1.03 bits per heavy atom. The van der Waals surface area contributed by atoms with Crippen LogP contribution in [0.5, 0.6) is 23.0 Å². The van der Waals surface area contributed by atoms with E-state index >= 15 is 0 Å². The quantitative estimate of drug-likeness (QED) is 0.359. The number of phenolic OH excluding ortho intramolecular Hbond substituents is 2. The Morgan fingerprint density at radius 2 is 1.78 bits per heavy atom. The first-order chi connectivity index (χ1) is 15.4. The SMILES string of the molecule is COCc1cc(=O)c(O)c(-c2[nH]c(-c3ccc(O)cc3O)nc2-c2ccc(OC)cc2)o1. The van der Waals surface area contributed by atoms with Crippen LogP contribution in [0.2, 0.25) is 0 Å².